The first-order valence-electron chi connectivity index (χ1n) is 9.36. The quantitative estimate of drug-likeness (QED) is 0.357. The van der Waals surface area contributed by atoms with E-state index in [1.165, 1.54) is 0 Å². The van der Waals surface area contributed by atoms with Crippen molar-refractivity contribution in [2.45, 2.75) is 92.7 Å². The normalized spacial score (nSPS) is 13.6. The van der Waals surface area contributed by atoms with Gasteiger partial charge in [0.2, 0.25) is 0 Å². The first-order valence-corrected chi connectivity index (χ1v) is 10.7. The fraction of sp³-hybridized carbons (Fsp3) is 0.818. The maximum absolute atomic E-state index is 12.5. The third kappa shape index (κ3) is 8.83. The minimum absolute atomic E-state index is 0.0551. The van der Waals surface area contributed by atoms with E-state index in [4.69, 9.17) is 0 Å². The Morgan fingerprint density at radius 1 is 0.519 bits per heavy atom. The number of hydrogen-bond donors (Lipinski definition) is 0. The Kier molecular flexibility index (Phi) is 8.86. The van der Waals surface area contributed by atoms with Gasteiger partial charge in [0, 0.05) is 0 Å². The van der Waals surface area contributed by atoms with Crippen LogP contribution in [0.1, 0.15) is 82.1 Å². The van der Waals surface area contributed by atoms with Crippen molar-refractivity contribution >= 4 is 23.1 Å². The number of carbonyl (C=O) groups excluding carboxylic acids is 4. The number of Topliss-reactive ketones (excluding diaryl/α,β-unsaturated/α-hetero) is 4. The summed E-state index contributed by atoms with van der Waals surface area (Å²) < 4.78 is 0. The van der Waals surface area contributed by atoms with E-state index >= 15 is 0 Å². The summed E-state index contributed by atoms with van der Waals surface area (Å²) in [6.45, 7) is 18.3. The molecular weight excluding hydrogens is 392 g/mol. The predicted octanol–water partition coefficient (Wildman–Crippen LogP) is 5.11. The van der Waals surface area contributed by atoms with Crippen LogP contribution in [0.4, 0.5) is 0 Å². The monoisotopic (exact) mass is 429 g/mol. The number of ketones is 4. The summed E-state index contributed by atoms with van der Waals surface area (Å²) in [5, 5.41) is 1.05. The van der Waals surface area contributed by atoms with Gasteiger partial charge in [-0.2, -0.15) is 0 Å². The molecule has 0 saturated carbocycles. The van der Waals surface area contributed by atoms with Gasteiger partial charge in [-0.15, -0.1) is 0 Å². The number of hydrogen-bond acceptors (Lipinski definition) is 4. The van der Waals surface area contributed by atoms with Crippen LogP contribution in [0.25, 0.3) is 0 Å². The molecule has 4 nitrogen and oxygen atoms in total. The van der Waals surface area contributed by atoms with Crippen molar-refractivity contribution in [1.29, 1.82) is 0 Å². The maximum atomic E-state index is 12.5. The molecular formula is C22H38CuO4. The van der Waals surface area contributed by atoms with E-state index in [-0.39, 0.29) is 36.0 Å². The average Bonchev–Trinajstić information content (AvgIpc) is 2.44. The topological polar surface area (TPSA) is 68.3 Å². The Morgan fingerprint density at radius 3 is 1.00 bits per heavy atom. The summed E-state index contributed by atoms with van der Waals surface area (Å²) in [6, 6.07) is 0. The van der Waals surface area contributed by atoms with Crippen molar-refractivity contribution in [2.24, 2.45) is 21.7 Å². The van der Waals surface area contributed by atoms with Gasteiger partial charge in [0.05, 0.1) is 0 Å². The molecule has 0 amide bonds. The Balaban J connectivity index is 4.74. The molecule has 0 unspecified atom stereocenters. The molecule has 0 aromatic rings. The third-order valence-corrected chi connectivity index (χ3v) is 6.64. The van der Waals surface area contributed by atoms with Gasteiger partial charge < -0.3 is 0 Å². The number of rotatable bonds is 10. The van der Waals surface area contributed by atoms with Crippen LogP contribution in [0, 0.1) is 21.7 Å². The first-order chi connectivity index (χ1) is 11.8. The second-order valence-electron chi connectivity index (χ2n) is 10.7. The summed E-state index contributed by atoms with van der Waals surface area (Å²) in [4.78, 5) is 49.3. The Hall–Kier alpha value is -0.801. The van der Waals surface area contributed by atoms with Crippen LogP contribution in [-0.4, -0.2) is 23.1 Å². The molecule has 5 heteroatoms. The second kappa shape index (κ2) is 9.13. The van der Waals surface area contributed by atoms with Crippen molar-refractivity contribution < 1.29 is 34.1 Å². The molecule has 161 valence electrons. The van der Waals surface area contributed by atoms with Crippen LogP contribution < -0.4 is 0 Å². The molecule has 0 aliphatic heterocycles. The fourth-order valence-electron chi connectivity index (χ4n) is 1.83. The molecule has 0 aliphatic rings. The van der Waals surface area contributed by atoms with E-state index in [1.807, 2.05) is 69.2 Å². The first kappa shape index (κ1) is 26.2. The van der Waals surface area contributed by atoms with Crippen molar-refractivity contribution in [2.75, 3.05) is 0 Å². The zero-order chi connectivity index (χ0) is 21.8. The van der Waals surface area contributed by atoms with Crippen LogP contribution in [0.5, 0.6) is 0 Å². The molecule has 0 rings (SSSR count). The van der Waals surface area contributed by atoms with Gasteiger partial charge in [-0.25, -0.2) is 0 Å². The summed E-state index contributed by atoms with van der Waals surface area (Å²) in [7, 11) is 0. The Labute approximate surface area is 171 Å². The fourth-order valence-corrected chi connectivity index (χ4v) is 3.50. The summed E-state index contributed by atoms with van der Waals surface area (Å²) in [5.41, 5.74) is -2.32. The van der Waals surface area contributed by atoms with E-state index in [1.54, 1.807) is 15.0 Å². The average molecular weight is 430 g/mol. The van der Waals surface area contributed by atoms with Crippen LogP contribution >= 0.6 is 0 Å². The van der Waals surface area contributed by atoms with Gasteiger partial charge >= 0.3 is 172 Å². The predicted molar refractivity (Wildman–Crippen MR) is 105 cm³/mol. The van der Waals surface area contributed by atoms with Crippen molar-refractivity contribution in [3.8, 4) is 0 Å². The molecule has 0 saturated heterocycles. The molecule has 0 fully saturated rings. The van der Waals surface area contributed by atoms with E-state index in [2.05, 4.69) is 0 Å². The third-order valence-electron chi connectivity index (χ3n) is 4.51. The van der Waals surface area contributed by atoms with Crippen LogP contribution in [0.15, 0.2) is 0 Å². The number of carbonyl (C=O) groups is 4. The Bertz CT molecular complexity index is 534. The van der Waals surface area contributed by atoms with Crippen LogP contribution in [-0.2, 0) is 34.1 Å². The van der Waals surface area contributed by atoms with E-state index in [0.717, 1.165) is 0 Å². The molecule has 0 aliphatic carbocycles. The SMILES string of the molecule is CC(C)(C)C(=O)CC(=O)C(C)(C)[CH2][Cu][CH2]C(C)(C)C(=O)CC(=O)C(C)(C)C. The van der Waals surface area contributed by atoms with E-state index in [9.17, 15) is 19.2 Å². The zero-order valence-corrected chi connectivity index (χ0v) is 19.7. The van der Waals surface area contributed by atoms with Gasteiger partial charge in [-0.3, -0.25) is 0 Å². The van der Waals surface area contributed by atoms with Gasteiger partial charge in [0.1, 0.15) is 0 Å². The molecule has 0 spiro atoms. The molecule has 0 radical (unpaired) electrons. The van der Waals surface area contributed by atoms with E-state index in [0.29, 0.717) is 10.6 Å². The van der Waals surface area contributed by atoms with Crippen molar-refractivity contribution in [1.82, 2.24) is 0 Å². The molecule has 0 bridgehead atoms. The second-order valence-corrected chi connectivity index (χ2v) is 11.8. The van der Waals surface area contributed by atoms with Gasteiger partial charge in [-0.1, -0.05) is 0 Å². The van der Waals surface area contributed by atoms with Crippen molar-refractivity contribution in [3.63, 3.8) is 0 Å². The summed E-state index contributed by atoms with van der Waals surface area (Å²) in [6.07, 6.45) is -0.116. The molecule has 27 heavy (non-hydrogen) atoms. The van der Waals surface area contributed by atoms with Gasteiger partial charge in [0.15, 0.2) is 0 Å². The summed E-state index contributed by atoms with van der Waals surface area (Å²) in [5.74, 6) is -0.251. The standard InChI is InChI=1S/2C11H19O2.Cu/c2*1-10(2,3)8(12)7-9(13)11(4,5)6;/h2*1,7H2,2-6H3;. The van der Waals surface area contributed by atoms with Gasteiger partial charge in [-0.05, 0) is 0 Å². The molecule has 0 atom stereocenters. The molecule has 0 heterocycles. The van der Waals surface area contributed by atoms with Crippen LogP contribution in [0.3, 0.4) is 0 Å². The molecule has 0 aromatic carbocycles. The molecule has 0 aromatic heterocycles. The van der Waals surface area contributed by atoms with E-state index < -0.39 is 21.7 Å². The Morgan fingerprint density at radius 2 is 0.778 bits per heavy atom. The van der Waals surface area contributed by atoms with Gasteiger partial charge in [0.25, 0.3) is 0 Å². The zero-order valence-electron chi connectivity index (χ0n) is 18.8. The summed E-state index contributed by atoms with van der Waals surface area (Å²) >= 11 is 1.63. The minimum atomic E-state index is -0.638. The molecule has 0 N–H and O–H groups in total. The van der Waals surface area contributed by atoms with Crippen molar-refractivity contribution in [3.05, 3.63) is 0 Å². The van der Waals surface area contributed by atoms with Crippen LogP contribution in [0.2, 0.25) is 10.6 Å².